The predicted octanol–water partition coefficient (Wildman–Crippen LogP) is 11.4. The third-order valence-corrected chi connectivity index (χ3v) is 10.0. The van der Waals surface area contributed by atoms with Gasteiger partial charge in [0.2, 0.25) is 0 Å². The van der Waals surface area contributed by atoms with Gasteiger partial charge in [0, 0.05) is 12.8 Å². The number of nitrogens with two attached hydrogens (primary N) is 1. The normalized spacial score (nSPS) is 14.2. The Bertz CT molecular complexity index is 1140. The smallest absolute Gasteiger partial charge is 0.472 e. The topological polar surface area (TPSA) is 172 Å². The van der Waals surface area contributed by atoms with Crippen molar-refractivity contribution in [2.45, 2.75) is 193 Å². The quantitative estimate of drug-likeness (QED) is 0.0233. The first-order valence-electron chi connectivity index (χ1n) is 21.7. The maximum Gasteiger partial charge on any atom is 0.472 e. The van der Waals surface area contributed by atoms with E-state index in [1.807, 2.05) is 0 Å². The molecule has 0 saturated carbocycles. The van der Waals surface area contributed by atoms with Gasteiger partial charge in [-0.1, -0.05) is 140 Å². The molecule has 0 bridgehead atoms. The minimum Gasteiger partial charge on any atom is -0.480 e. The van der Waals surface area contributed by atoms with E-state index in [-0.39, 0.29) is 19.4 Å². The van der Waals surface area contributed by atoms with Crippen molar-refractivity contribution in [1.29, 1.82) is 0 Å². The van der Waals surface area contributed by atoms with Gasteiger partial charge in [-0.05, 0) is 77.0 Å². The summed E-state index contributed by atoms with van der Waals surface area (Å²) in [5.74, 6) is -2.41. The fraction of sp³-hybridized carbons (Fsp3) is 0.750. The van der Waals surface area contributed by atoms with Crippen LogP contribution in [0.15, 0.2) is 48.6 Å². The molecular weight excluding hydrogens is 733 g/mol. The van der Waals surface area contributed by atoms with Crippen molar-refractivity contribution in [2.24, 2.45) is 5.73 Å². The molecule has 12 heteroatoms. The van der Waals surface area contributed by atoms with E-state index in [1.54, 1.807) is 0 Å². The summed E-state index contributed by atoms with van der Waals surface area (Å²) in [7, 11) is -4.72. The van der Waals surface area contributed by atoms with Crippen LogP contribution in [-0.2, 0) is 37.5 Å². The summed E-state index contributed by atoms with van der Waals surface area (Å²) in [6, 6.07) is -1.53. The molecule has 0 aliphatic carbocycles. The number of carbonyl (C=O) groups is 3. The molecule has 0 heterocycles. The van der Waals surface area contributed by atoms with Gasteiger partial charge in [-0.25, -0.2) is 4.57 Å². The Morgan fingerprint density at radius 2 is 0.946 bits per heavy atom. The molecule has 0 fully saturated rings. The molecule has 3 atom stereocenters. The molecule has 0 aromatic heterocycles. The minimum absolute atomic E-state index is 0.134. The number of unbranched alkanes of at least 4 members (excludes halogenated alkanes) is 18. The number of carbonyl (C=O) groups excluding carboxylic acids is 2. The molecule has 0 spiro atoms. The van der Waals surface area contributed by atoms with Gasteiger partial charge >= 0.3 is 25.7 Å². The number of ether oxygens (including phenoxy) is 2. The number of aliphatic carboxylic acids is 1. The van der Waals surface area contributed by atoms with E-state index in [2.05, 4.69) is 67.0 Å². The maximum atomic E-state index is 12.6. The first-order chi connectivity index (χ1) is 27.1. The van der Waals surface area contributed by atoms with Gasteiger partial charge in [-0.15, -0.1) is 0 Å². The molecule has 1 unspecified atom stereocenters. The fourth-order valence-electron chi connectivity index (χ4n) is 5.59. The SMILES string of the molecule is CCCCC/C=C/C/C=C/C/C=C/CCCCCCC(=O)O[C@H](COC(=O)CCCCCCCCC/C=C/CCCCCC)COP(=O)(O)OC[C@H](N)C(=O)O. The van der Waals surface area contributed by atoms with Gasteiger partial charge in [0.15, 0.2) is 6.10 Å². The van der Waals surface area contributed by atoms with E-state index in [9.17, 15) is 23.8 Å². The lowest BCUT2D eigenvalue weighted by molar-refractivity contribution is -0.161. The standard InChI is InChI=1S/C44H78NO10P/c1-3-5-7-9-11-13-15-17-19-20-22-24-26-28-30-32-34-36-43(47)55-40(38-53-56(50,51)54-39-41(45)44(48)49)37-52-42(46)35-33-31-29-27-25-23-21-18-16-14-12-10-8-6-4-2/h11,13-14,16-17,19,22,24,40-41H,3-10,12,15,18,20-21,23,25-39,45H2,1-2H3,(H,48,49)(H,50,51)/b13-11+,16-14+,19-17+,24-22+/t40-,41+/m1/s1. The second-order valence-corrected chi connectivity index (χ2v) is 15.9. The Labute approximate surface area is 339 Å². The summed E-state index contributed by atoms with van der Waals surface area (Å²) in [5, 5.41) is 8.88. The Kier molecular flexibility index (Phi) is 37.5. The highest BCUT2D eigenvalue weighted by Gasteiger charge is 2.28. The number of carboxylic acids is 1. The van der Waals surface area contributed by atoms with E-state index in [4.69, 9.17) is 24.8 Å². The lowest BCUT2D eigenvalue weighted by Gasteiger charge is -2.20. The molecule has 0 amide bonds. The van der Waals surface area contributed by atoms with E-state index in [0.717, 1.165) is 70.6 Å². The predicted molar refractivity (Wildman–Crippen MR) is 226 cm³/mol. The number of hydrogen-bond acceptors (Lipinski definition) is 9. The van der Waals surface area contributed by atoms with Crippen molar-refractivity contribution in [3.8, 4) is 0 Å². The van der Waals surface area contributed by atoms with Gasteiger partial charge < -0.3 is 25.2 Å². The highest BCUT2D eigenvalue weighted by atomic mass is 31.2. The highest BCUT2D eigenvalue weighted by Crippen LogP contribution is 2.43. The number of phosphoric ester groups is 1. The summed E-state index contributed by atoms with van der Waals surface area (Å²) >= 11 is 0. The average molecular weight is 812 g/mol. The molecule has 0 radical (unpaired) electrons. The van der Waals surface area contributed by atoms with Crippen molar-refractivity contribution in [1.82, 2.24) is 0 Å². The van der Waals surface area contributed by atoms with Gasteiger partial charge in [0.25, 0.3) is 0 Å². The monoisotopic (exact) mass is 812 g/mol. The van der Waals surface area contributed by atoms with Gasteiger partial charge in [-0.3, -0.25) is 23.4 Å². The zero-order valence-corrected chi connectivity index (χ0v) is 35.9. The van der Waals surface area contributed by atoms with Crippen LogP contribution in [0.2, 0.25) is 0 Å². The second kappa shape index (κ2) is 39.3. The van der Waals surface area contributed by atoms with Crippen molar-refractivity contribution in [2.75, 3.05) is 19.8 Å². The third-order valence-electron chi connectivity index (χ3n) is 9.05. The molecule has 0 aliphatic rings. The molecule has 0 aromatic carbocycles. The zero-order valence-electron chi connectivity index (χ0n) is 35.0. The lowest BCUT2D eigenvalue weighted by atomic mass is 10.1. The molecular formula is C44H78NO10P. The zero-order chi connectivity index (χ0) is 41.4. The fourth-order valence-corrected chi connectivity index (χ4v) is 6.37. The molecule has 0 rings (SSSR count). The van der Waals surface area contributed by atoms with E-state index in [0.29, 0.717) is 12.8 Å². The number of carboxylic acid groups (broad SMARTS) is 1. The first-order valence-corrected chi connectivity index (χ1v) is 23.2. The summed E-state index contributed by atoms with van der Waals surface area (Å²) < 4.78 is 32.7. The van der Waals surface area contributed by atoms with Gasteiger partial charge in [0.1, 0.15) is 12.6 Å². The molecule has 324 valence electrons. The number of allylic oxidation sites excluding steroid dienone is 8. The molecule has 0 saturated heterocycles. The lowest BCUT2D eigenvalue weighted by Crippen LogP contribution is -2.34. The van der Waals surface area contributed by atoms with Crippen LogP contribution in [0.25, 0.3) is 0 Å². The number of esters is 2. The molecule has 0 aliphatic heterocycles. The van der Waals surface area contributed by atoms with E-state index < -0.39 is 51.1 Å². The van der Waals surface area contributed by atoms with Crippen LogP contribution in [0.3, 0.4) is 0 Å². The number of hydrogen-bond donors (Lipinski definition) is 3. The van der Waals surface area contributed by atoms with Crippen LogP contribution >= 0.6 is 7.82 Å². The first kappa shape index (κ1) is 53.4. The van der Waals surface area contributed by atoms with Crippen molar-refractivity contribution >= 4 is 25.7 Å². The Morgan fingerprint density at radius 3 is 1.46 bits per heavy atom. The van der Waals surface area contributed by atoms with E-state index in [1.165, 1.54) is 70.6 Å². The van der Waals surface area contributed by atoms with Gasteiger partial charge in [-0.2, -0.15) is 0 Å². The average Bonchev–Trinajstić information content (AvgIpc) is 3.17. The largest absolute Gasteiger partial charge is 0.480 e. The third kappa shape index (κ3) is 38.3. The molecule has 4 N–H and O–H groups in total. The van der Waals surface area contributed by atoms with Crippen LogP contribution in [0.1, 0.15) is 181 Å². The van der Waals surface area contributed by atoms with Crippen LogP contribution in [0, 0.1) is 0 Å². The van der Waals surface area contributed by atoms with Gasteiger partial charge in [0.05, 0.1) is 13.2 Å². The highest BCUT2D eigenvalue weighted by molar-refractivity contribution is 7.47. The Balaban J connectivity index is 4.43. The van der Waals surface area contributed by atoms with Crippen molar-refractivity contribution in [3.05, 3.63) is 48.6 Å². The van der Waals surface area contributed by atoms with Crippen LogP contribution in [0.5, 0.6) is 0 Å². The number of rotatable bonds is 40. The Morgan fingerprint density at radius 1 is 0.554 bits per heavy atom. The number of phosphoric acid groups is 1. The second-order valence-electron chi connectivity index (χ2n) is 14.5. The molecule has 56 heavy (non-hydrogen) atoms. The summed E-state index contributed by atoms with van der Waals surface area (Å²) in [6.07, 6.45) is 43.1. The molecule has 11 nitrogen and oxygen atoms in total. The summed E-state index contributed by atoms with van der Waals surface area (Å²) in [4.78, 5) is 45.9. The van der Waals surface area contributed by atoms with Crippen LogP contribution < -0.4 is 5.73 Å². The maximum absolute atomic E-state index is 12.6. The summed E-state index contributed by atoms with van der Waals surface area (Å²) in [6.45, 7) is 2.73. The van der Waals surface area contributed by atoms with Crippen molar-refractivity contribution < 1.29 is 47.5 Å². The van der Waals surface area contributed by atoms with Crippen LogP contribution in [0.4, 0.5) is 0 Å². The van der Waals surface area contributed by atoms with Crippen molar-refractivity contribution in [3.63, 3.8) is 0 Å². The Hall–Kier alpha value is -2.56. The molecule has 0 aromatic rings. The van der Waals surface area contributed by atoms with Crippen LogP contribution in [-0.4, -0.2) is 59.9 Å². The minimum atomic E-state index is -4.72. The van der Waals surface area contributed by atoms with E-state index >= 15 is 0 Å². The summed E-state index contributed by atoms with van der Waals surface area (Å²) in [5.41, 5.74) is 5.33.